The third-order valence-electron chi connectivity index (χ3n) is 3.64. The molecule has 1 unspecified atom stereocenters. The van der Waals surface area contributed by atoms with Gasteiger partial charge in [-0.1, -0.05) is 24.3 Å². The van der Waals surface area contributed by atoms with E-state index in [0.717, 1.165) is 22.3 Å². The number of nitrogens with zero attached hydrogens (tertiary/aromatic N) is 4. The topological polar surface area (TPSA) is 67.9 Å². The average molecular weight is 279 g/mol. The van der Waals surface area contributed by atoms with E-state index in [-0.39, 0.29) is 6.04 Å². The maximum absolute atomic E-state index is 5.85. The molecule has 2 N–H and O–H groups in total. The van der Waals surface area contributed by atoms with Gasteiger partial charge in [-0.05, 0) is 36.8 Å². The highest BCUT2D eigenvalue weighted by Crippen LogP contribution is 2.24. The molecule has 5 heteroatoms. The largest absolute Gasteiger partial charge is 0.399 e. The zero-order chi connectivity index (χ0) is 14.8. The van der Waals surface area contributed by atoms with E-state index in [1.165, 1.54) is 0 Å². The summed E-state index contributed by atoms with van der Waals surface area (Å²) in [6.45, 7) is 2.09. The maximum Gasteiger partial charge on any atom is 0.246 e. The molecule has 0 amide bonds. The van der Waals surface area contributed by atoms with Crippen molar-refractivity contribution in [1.82, 2.24) is 15.2 Å². The van der Waals surface area contributed by atoms with Crippen molar-refractivity contribution in [2.45, 2.75) is 13.0 Å². The van der Waals surface area contributed by atoms with Gasteiger partial charge in [-0.3, -0.25) is 0 Å². The van der Waals surface area contributed by atoms with Crippen molar-refractivity contribution in [3.8, 4) is 0 Å². The third-order valence-corrected chi connectivity index (χ3v) is 3.64. The number of hydrogen-bond acceptors (Lipinski definition) is 5. The van der Waals surface area contributed by atoms with Gasteiger partial charge in [0.2, 0.25) is 5.95 Å². The standard InChI is InChI=1S/C16H17N5/c1-11(12-6-5-7-13(17)10-12)21(2)16-18-14-8-3-4-9-15(14)19-20-16/h3-11H,17H2,1-2H3. The quantitative estimate of drug-likeness (QED) is 0.747. The Morgan fingerprint density at radius 3 is 2.52 bits per heavy atom. The van der Waals surface area contributed by atoms with Gasteiger partial charge >= 0.3 is 0 Å². The average Bonchev–Trinajstić information content (AvgIpc) is 2.53. The molecule has 0 spiro atoms. The van der Waals surface area contributed by atoms with E-state index in [1.807, 2.05) is 60.5 Å². The second kappa shape index (κ2) is 5.36. The van der Waals surface area contributed by atoms with E-state index in [0.29, 0.717) is 5.95 Å². The summed E-state index contributed by atoms with van der Waals surface area (Å²) in [4.78, 5) is 6.56. The van der Waals surface area contributed by atoms with Crippen molar-refractivity contribution >= 4 is 22.7 Å². The van der Waals surface area contributed by atoms with E-state index in [4.69, 9.17) is 5.73 Å². The number of hydrogen-bond donors (Lipinski definition) is 1. The summed E-state index contributed by atoms with van der Waals surface area (Å²) in [5, 5.41) is 8.43. The first kappa shape index (κ1) is 13.3. The van der Waals surface area contributed by atoms with E-state index in [1.54, 1.807) is 0 Å². The lowest BCUT2D eigenvalue weighted by atomic mass is 10.1. The molecular formula is C16H17N5. The number of fused-ring (bicyclic) bond motifs is 1. The smallest absolute Gasteiger partial charge is 0.246 e. The lowest BCUT2D eigenvalue weighted by Crippen LogP contribution is -2.24. The van der Waals surface area contributed by atoms with Crippen LogP contribution in [0.5, 0.6) is 0 Å². The van der Waals surface area contributed by atoms with Crippen LogP contribution >= 0.6 is 0 Å². The van der Waals surface area contributed by atoms with Crippen LogP contribution < -0.4 is 10.6 Å². The Bertz CT molecular complexity index is 771. The molecule has 0 fully saturated rings. The summed E-state index contributed by atoms with van der Waals surface area (Å²) >= 11 is 0. The zero-order valence-corrected chi connectivity index (χ0v) is 12.1. The molecule has 0 aliphatic carbocycles. The molecule has 0 saturated heterocycles. The van der Waals surface area contributed by atoms with Crippen LogP contribution in [0.3, 0.4) is 0 Å². The Labute approximate surface area is 123 Å². The second-order valence-electron chi connectivity index (χ2n) is 5.06. The number of aromatic nitrogens is 3. The first-order chi connectivity index (χ1) is 10.1. The minimum Gasteiger partial charge on any atom is -0.399 e. The lowest BCUT2D eigenvalue weighted by Gasteiger charge is -2.25. The highest BCUT2D eigenvalue weighted by Gasteiger charge is 2.15. The number of benzene rings is 2. The summed E-state index contributed by atoms with van der Waals surface area (Å²) in [5.74, 6) is 0.601. The van der Waals surface area contributed by atoms with Gasteiger partial charge in [0.25, 0.3) is 0 Å². The zero-order valence-electron chi connectivity index (χ0n) is 12.1. The molecule has 1 heterocycles. The predicted octanol–water partition coefficient (Wildman–Crippen LogP) is 2.80. The number of anilines is 2. The molecule has 21 heavy (non-hydrogen) atoms. The van der Waals surface area contributed by atoms with Crippen LogP contribution in [-0.4, -0.2) is 22.2 Å². The number of rotatable bonds is 3. The summed E-state index contributed by atoms with van der Waals surface area (Å²) in [5.41, 5.74) is 9.36. The Balaban J connectivity index is 1.94. The van der Waals surface area contributed by atoms with Gasteiger partial charge in [-0.2, -0.15) is 0 Å². The van der Waals surface area contributed by atoms with Crippen LogP contribution in [0.1, 0.15) is 18.5 Å². The number of para-hydroxylation sites is 1. The summed E-state index contributed by atoms with van der Waals surface area (Å²) in [7, 11) is 1.96. The van der Waals surface area contributed by atoms with Crippen LogP contribution in [0, 0.1) is 0 Å². The van der Waals surface area contributed by atoms with Crippen molar-refractivity contribution in [3.63, 3.8) is 0 Å². The van der Waals surface area contributed by atoms with Crippen LogP contribution in [0.2, 0.25) is 0 Å². The van der Waals surface area contributed by atoms with E-state index >= 15 is 0 Å². The molecule has 0 aliphatic heterocycles. The maximum atomic E-state index is 5.85. The van der Waals surface area contributed by atoms with Gasteiger partial charge < -0.3 is 10.6 Å². The molecular weight excluding hydrogens is 262 g/mol. The molecule has 5 nitrogen and oxygen atoms in total. The molecule has 2 aromatic carbocycles. The van der Waals surface area contributed by atoms with Gasteiger partial charge in [0.05, 0.1) is 11.6 Å². The molecule has 3 aromatic rings. The molecule has 0 saturated carbocycles. The highest BCUT2D eigenvalue weighted by molar-refractivity contribution is 5.74. The highest BCUT2D eigenvalue weighted by atomic mass is 15.3. The van der Waals surface area contributed by atoms with Gasteiger partial charge in [-0.25, -0.2) is 4.98 Å². The molecule has 1 atom stereocenters. The summed E-state index contributed by atoms with van der Waals surface area (Å²) in [6, 6.07) is 15.7. The third kappa shape index (κ3) is 2.63. The van der Waals surface area contributed by atoms with E-state index < -0.39 is 0 Å². The SMILES string of the molecule is CC(c1cccc(N)c1)N(C)c1nnc2ccccc2n1. The molecule has 1 aromatic heterocycles. The van der Waals surface area contributed by atoms with E-state index in [9.17, 15) is 0 Å². The summed E-state index contributed by atoms with van der Waals surface area (Å²) in [6.07, 6.45) is 0. The van der Waals surface area contributed by atoms with Crippen molar-refractivity contribution in [2.24, 2.45) is 0 Å². The Morgan fingerprint density at radius 1 is 1.00 bits per heavy atom. The first-order valence-corrected chi connectivity index (χ1v) is 6.83. The first-order valence-electron chi connectivity index (χ1n) is 6.83. The van der Waals surface area contributed by atoms with Gasteiger partial charge in [-0.15, -0.1) is 10.2 Å². The van der Waals surface area contributed by atoms with Gasteiger partial charge in [0.15, 0.2) is 0 Å². The van der Waals surface area contributed by atoms with Crippen molar-refractivity contribution in [1.29, 1.82) is 0 Å². The fourth-order valence-electron chi connectivity index (χ4n) is 2.24. The number of nitrogens with two attached hydrogens (primary N) is 1. The Hall–Kier alpha value is -2.69. The van der Waals surface area contributed by atoms with E-state index in [2.05, 4.69) is 22.1 Å². The van der Waals surface area contributed by atoms with Crippen LogP contribution in [0.4, 0.5) is 11.6 Å². The van der Waals surface area contributed by atoms with Crippen molar-refractivity contribution in [3.05, 3.63) is 54.1 Å². The predicted molar refractivity (Wildman–Crippen MR) is 85.0 cm³/mol. The lowest BCUT2D eigenvalue weighted by molar-refractivity contribution is 0.709. The second-order valence-corrected chi connectivity index (χ2v) is 5.06. The van der Waals surface area contributed by atoms with Crippen LogP contribution in [0.15, 0.2) is 48.5 Å². The Morgan fingerprint density at radius 2 is 1.76 bits per heavy atom. The fourth-order valence-corrected chi connectivity index (χ4v) is 2.24. The number of nitrogen functional groups attached to an aromatic ring is 1. The van der Waals surface area contributed by atoms with Crippen LogP contribution in [0.25, 0.3) is 11.0 Å². The molecule has 0 bridgehead atoms. The van der Waals surface area contributed by atoms with Crippen LogP contribution in [-0.2, 0) is 0 Å². The minimum absolute atomic E-state index is 0.108. The van der Waals surface area contributed by atoms with Crippen molar-refractivity contribution < 1.29 is 0 Å². The molecule has 3 rings (SSSR count). The van der Waals surface area contributed by atoms with Gasteiger partial charge in [0, 0.05) is 12.7 Å². The fraction of sp³-hybridized carbons (Fsp3) is 0.188. The molecule has 106 valence electrons. The van der Waals surface area contributed by atoms with Crippen molar-refractivity contribution in [2.75, 3.05) is 17.7 Å². The molecule has 0 radical (unpaired) electrons. The monoisotopic (exact) mass is 279 g/mol. The summed E-state index contributed by atoms with van der Waals surface area (Å²) < 4.78 is 0. The Kier molecular flexibility index (Phi) is 3.39. The normalized spacial score (nSPS) is 12.3. The minimum atomic E-state index is 0.108. The van der Waals surface area contributed by atoms with Gasteiger partial charge in [0.1, 0.15) is 5.52 Å². The molecule has 0 aliphatic rings.